The molecule has 1 aliphatic rings. The molecule has 1 fully saturated rings. The quantitative estimate of drug-likeness (QED) is 0.812. The molecule has 0 atom stereocenters. The molecule has 0 spiro atoms. The van der Waals surface area contributed by atoms with Gasteiger partial charge < -0.3 is 19.7 Å². The Labute approximate surface area is 116 Å². The number of hydrogen-bond acceptors (Lipinski definition) is 5. The smallest absolute Gasteiger partial charge is 0.311 e. The molecule has 7 nitrogen and oxygen atoms in total. The third kappa shape index (κ3) is 2.98. The minimum absolute atomic E-state index is 0.119. The number of nitrogens with zero attached hydrogens (tertiary/aromatic N) is 1. The fourth-order valence-electron chi connectivity index (χ4n) is 2.49. The molecular weight excluding hydrogens is 264 g/mol. The number of carboxylic acids is 1. The van der Waals surface area contributed by atoms with Gasteiger partial charge in [0.2, 0.25) is 0 Å². The van der Waals surface area contributed by atoms with Crippen molar-refractivity contribution in [3.05, 3.63) is 17.5 Å². The zero-order valence-corrected chi connectivity index (χ0v) is 11.3. The minimum Gasteiger partial charge on any atom is -0.481 e. The van der Waals surface area contributed by atoms with Gasteiger partial charge in [-0.1, -0.05) is 18.0 Å². The first-order chi connectivity index (χ1) is 9.57. The van der Waals surface area contributed by atoms with Crippen LogP contribution in [0, 0.1) is 5.41 Å². The second-order valence-corrected chi connectivity index (χ2v) is 5.09. The molecule has 1 saturated carbocycles. The molecule has 0 bridgehead atoms. The zero-order chi connectivity index (χ0) is 14.6. The number of nitrogens with one attached hydrogen (secondary N) is 1. The first-order valence-electron chi connectivity index (χ1n) is 6.53. The van der Waals surface area contributed by atoms with Crippen LogP contribution in [0.3, 0.4) is 0 Å². The fraction of sp³-hybridized carbons (Fsp3) is 0.615. The Morgan fingerprint density at radius 2 is 2.20 bits per heavy atom. The molecule has 1 aromatic rings. The molecule has 1 amide bonds. The molecule has 1 aliphatic carbocycles. The average molecular weight is 282 g/mol. The number of carboxylic acid groups (broad SMARTS) is 1. The number of rotatable bonds is 6. The maximum Gasteiger partial charge on any atom is 0.311 e. The van der Waals surface area contributed by atoms with Gasteiger partial charge in [0.15, 0.2) is 11.5 Å². The number of ether oxygens (including phenoxy) is 1. The van der Waals surface area contributed by atoms with Gasteiger partial charge in [-0.2, -0.15) is 0 Å². The van der Waals surface area contributed by atoms with Crippen molar-refractivity contribution < 1.29 is 24.0 Å². The summed E-state index contributed by atoms with van der Waals surface area (Å²) in [7, 11) is 1.51. The number of hydrogen-bond donors (Lipinski definition) is 2. The number of amides is 1. The van der Waals surface area contributed by atoms with E-state index in [9.17, 15) is 14.7 Å². The third-order valence-corrected chi connectivity index (χ3v) is 3.68. The van der Waals surface area contributed by atoms with Crippen molar-refractivity contribution in [1.82, 2.24) is 10.5 Å². The number of carbonyl (C=O) groups excluding carboxylic acids is 1. The van der Waals surface area contributed by atoms with Crippen molar-refractivity contribution in [3.63, 3.8) is 0 Å². The highest BCUT2D eigenvalue weighted by Gasteiger charge is 2.41. The molecule has 7 heteroatoms. The Morgan fingerprint density at radius 3 is 2.80 bits per heavy atom. The summed E-state index contributed by atoms with van der Waals surface area (Å²) in [5.74, 6) is -0.828. The highest BCUT2D eigenvalue weighted by Crippen LogP contribution is 2.37. The van der Waals surface area contributed by atoms with E-state index in [1.165, 1.54) is 13.2 Å². The molecule has 0 radical (unpaired) electrons. The van der Waals surface area contributed by atoms with Gasteiger partial charge in [0.05, 0.1) is 5.41 Å². The normalized spacial score (nSPS) is 17.1. The Balaban J connectivity index is 1.95. The van der Waals surface area contributed by atoms with Crippen LogP contribution < -0.4 is 5.32 Å². The van der Waals surface area contributed by atoms with Crippen LogP contribution in [0.15, 0.2) is 10.6 Å². The summed E-state index contributed by atoms with van der Waals surface area (Å²) in [6.45, 7) is 0.354. The van der Waals surface area contributed by atoms with E-state index >= 15 is 0 Å². The first-order valence-corrected chi connectivity index (χ1v) is 6.53. The van der Waals surface area contributed by atoms with E-state index in [4.69, 9.17) is 9.26 Å². The summed E-state index contributed by atoms with van der Waals surface area (Å²) in [4.78, 5) is 23.3. The lowest BCUT2D eigenvalue weighted by molar-refractivity contribution is -0.148. The molecule has 110 valence electrons. The molecule has 0 aliphatic heterocycles. The lowest BCUT2D eigenvalue weighted by atomic mass is 9.86. The standard InChI is InChI=1S/C13H18N2O5/c1-19-7-9-6-10(15-20-9)11(16)14-8-13(12(17)18)4-2-3-5-13/h6H,2-5,7-8H2,1H3,(H,14,16)(H,17,18). The van der Waals surface area contributed by atoms with E-state index in [2.05, 4.69) is 10.5 Å². The van der Waals surface area contributed by atoms with Crippen LogP contribution in [-0.2, 0) is 16.1 Å². The topological polar surface area (TPSA) is 102 Å². The Bertz CT molecular complexity index is 491. The largest absolute Gasteiger partial charge is 0.481 e. The van der Waals surface area contributed by atoms with Crippen molar-refractivity contribution >= 4 is 11.9 Å². The molecule has 20 heavy (non-hydrogen) atoms. The van der Waals surface area contributed by atoms with Gasteiger partial charge in [-0.25, -0.2) is 0 Å². The summed E-state index contributed by atoms with van der Waals surface area (Å²) in [5.41, 5.74) is -0.704. The summed E-state index contributed by atoms with van der Waals surface area (Å²) in [6.07, 6.45) is 2.95. The monoisotopic (exact) mass is 282 g/mol. The van der Waals surface area contributed by atoms with Gasteiger partial charge in [0.25, 0.3) is 5.91 Å². The summed E-state index contributed by atoms with van der Waals surface area (Å²) in [5, 5.41) is 15.6. The molecule has 1 heterocycles. The highest BCUT2D eigenvalue weighted by atomic mass is 16.5. The maximum atomic E-state index is 11.9. The number of aromatic nitrogens is 1. The molecular formula is C13H18N2O5. The van der Waals surface area contributed by atoms with Crippen LogP contribution in [0.4, 0.5) is 0 Å². The maximum absolute atomic E-state index is 11.9. The van der Waals surface area contributed by atoms with E-state index in [-0.39, 0.29) is 18.8 Å². The lowest BCUT2D eigenvalue weighted by Gasteiger charge is -2.23. The number of methoxy groups -OCH3 is 1. The van der Waals surface area contributed by atoms with Crippen molar-refractivity contribution in [2.45, 2.75) is 32.3 Å². The SMILES string of the molecule is COCc1cc(C(=O)NCC2(C(=O)O)CCCC2)no1. The van der Waals surface area contributed by atoms with Crippen LogP contribution >= 0.6 is 0 Å². The molecule has 2 rings (SSSR count). The Kier molecular flexibility index (Phi) is 4.39. The average Bonchev–Trinajstić information content (AvgIpc) is 3.06. The van der Waals surface area contributed by atoms with Gasteiger partial charge >= 0.3 is 5.97 Å². The van der Waals surface area contributed by atoms with Crippen LogP contribution in [0.2, 0.25) is 0 Å². The van der Waals surface area contributed by atoms with Crippen LogP contribution in [0.5, 0.6) is 0 Å². The summed E-state index contributed by atoms with van der Waals surface area (Å²) < 4.78 is 9.78. The van der Waals surface area contributed by atoms with Gasteiger partial charge in [0, 0.05) is 19.7 Å². The highest BCUT2D eigenvalue weighted by molar-refractivity contribution is 5.92. The third-order valence-electron chi connectivity index (χ3n) is 3.68. The Morgan fingerprint density at radius 1 is 1.50 bits per heavy atom. The van der Waals surface area contributed by atoms with E-state index in [0.717, 1.165) is 12.8 Å². The molecule has 1 aromatic heterocycles. The van der Waals surface area contributed by atoms with Crippen LogP contribution in [0.25, 0.3) is 0 Å². The van der Waals surface area contributed by atoms with Crippen LogP contribution in [0.1, 0.15) is 41.9 Å². The van der Waals surface area contributed by atoms with Crippen molar-refractivity contribution in [1.29, 1.82) is 0 Å². The molecule has 2 N–H and O–H groups in total. The van der Waals surface area contributed by atoms with Gasteiger partial charge in [0.1, 0.15) is 6.61 Å². The molecule has 0 aromatic carbocycles. The predicted octanol–water partition coefficient (Wildman–Crippen LogP) is 1.20. The zero-order valence-electron chi connectivity index (χ0n) is 11.3. The number of aliphatic carboxylic acids is 1. The van der Waals surface area contributed by atoms with Crippen molar-refractivity contribution in [3.8, 4) is 0 Å². The first kappa shape index (κ1) is 14.5. The van der Waals surface area contributed by atoms with E-state index in [0.29, 0.717) is 18.6 Å². The predicted molar refractivity (Wildman–Crippen MR) is 68.1 cm³/mol. The summed E-state index contributed by atoms with van der Waals surface area (Å²) >= 11 is 0. The van der Waals surface area contributed by atoms with Crippen LogP contribution in [-0.4, -0.2) is 35.8 Å². The molecule has 0 saturated heterocycles. The van der Waals surface area contributed by atoms with E-state index in [1.54, 1.807) is 0 Å². The van der Waals surface area contributed by atoms with Crippen molar-refractivity contribution in [2.24, 2.45) is 5.41 Å². The van der Waals surface area contributed by atoms with Gasteiger partial charge in [-0.05, 0) is 12.8 Å². The minimum atomic E-state index is -0.851. The fourth-order valence-corrected chi connectivity index (χ4v) is 2.49. The second-order valence-electron chi connectivity index (χ2n) is 5.09. The van der Waals surface area contributed by atoms with Gasteiger partial charge in [-0.15, -0.1) is 0 Å². The molecule has 0 unspecified atom stereocenters. The van der Waals surface area contributed by atoms with Gasteiger partial charge in [-0.3, -0.25) is 9.59 Å². The lowest BCUT2D eigenvalue weighted by Crippen LogP contribution is -2.41. The van der Waals surface area contributed by atoms with Crippen molar-refractivity contribution in [2.75, 3.05) is 13.7 Å². The summed E-state index contributed by atoms with van der Waals surface area (Å²) in [6, 6.07) is 1.49. The second kappa shape index (κ2) is 6.04. The number of carbonyl (C=O) groups is 2. The van der Waals surface area contributed by atoms with E-state index in [1.807, 2.05) is 0 Å². The van der Waals surface area contributed by atoms with E-state index < -0.39 is 17.3 Å². The Hall–Kier alpha value is -1.89.